The van der Waals surface area contributed by atoms with E-state index < -0.39 is 19.1 Å². The average Bonchev–Trinajstić information content (AvgIpc) is 2.69. The number of rotatable bonds is 5. The fourth-order valence-electron chi connectivity index (χ4n) is 3.59. The normalized spacial score (nSPS) is 17.0. The molecule has 2 heterocycles. The molecule has 0 bridgehead atoms. The monoisotopic (exact) mass is 396 g/mol. The fraction of sp³-hybridized carbons (Fsp3) is 0.300. The summed E-state index contributed by atoms with van der Waals surface area (Å²) < 4.78 is 11.2. The summed E-state index contributed by atoms with van der Waals surface area (Å²) in [6.07, 6.45) is 0.597. The van der Waals surface area contributed by atoms with E-state index in [1.807, 2.05) is 18.2 Å². The van der Waals surface area contributed by atoms with E-state index in [1.165, 1.54) is 0 Å². The van der Waals surface area contributed by atoms with Gasteiger partial charge < -0.3 is 30.2 Å². The van der Waals surface area contributed by atoms with Gasteiger partial charge in [-0.1, -0.05) is 36.4 Å². The second-order valence-electron chi connectivity index (χ2n) is 7.21. The number of aromatic carboxylic acids is 1. The van der Waals surface area contributed by atoms with E-state index >= 15 is 0 Å². The summed E-state index contributed by atoms with van der Waals surface area (Å²) in [5.41, 5.74) is 7.40. The highest BCUT2D eigenvalue weighted by Gasteiger charge is 2.37. The Hall–Kier alpha value is -3.04. The zero-order valence-corrected chi connectivity index (χ0v) is 15.7. The zero-order valence-electron chi connectivity index (χ0n) is 15.7. The average molecular weight is 396 g/mol. The van der Waals surface area contributed by atoms with Gasteiger partial charge in [0.25, 0.3) is 0 Å². The Morgan fingerprint density at radius 2 is 1.93 bits per heavy atom. The van der Waals surface area contributed by atoms with Gasteiger partial charge in [-0.3, -0.25) is 4.79 Å². The Kier molecular flexibility index (Phi) is 5.17. The molecule has 2 aromatic rings. The van der Waals surface area contributed by atoms with Crippen LogP contribution in [0.25, 0.3) is 0 Å². The first-order chi connectivity index (χ1) is 13.9. The van der Waals surface area contributed by atoms with Crippen molar-refractivity contribution in [2.24, 2.45) is 5.73 Å². The molecular formula is C20H21BN2O6. The molecule has 1 atom stereocenters. The van der Waals surface area contributed by atoms with Crippen LogP contribution < -0.4 is 15.1 Å². The molecule has 29 heavy (non-hydrogen) atoms. The van der Waals surface area contributed by atoms with E-state index in [-0.39, 0.29) is 29.1 Å². The van der Waals surface area contributed by atoms with Crippen LogP contribution in [0.15, 0.2) is 42.5 Å². The highest BCUT2D eigenvalue weighted by atomic mass is 16.5. The summed E-state index contributed by atoms with van der Waals surface area (Å²) in [5, 5.41) is 19.3. The van der Waals surface area contributed by atoms with Crippen molar-refractivity contribution >= 4 is 19.0 Å². The predicted octanol–water partition coefficient (Wildman–Crippen LogP) is 1.09. The van der Waals surface area contributed by atoms with Crippen LogP contribution in [-0.2, 0) is 11.2 Å². The number of carbonyl (C=O) groups is 2. The first kappa shape index (κ1) is 19.3. The summed E-state index contributed by atoms with van der Waals surface area (Å²) in [4.78, 5) is 25.9. The number of nitrogens with zero attached hydrogens (tertiary/aromatic N) is 1. The van der Waals surface area contributed by atoms with Gasteiger partial charge in [-0.25, -0.2) is 4.79 Å². The maximum absolute atomic E-state index is 12.5. The van der Waals surface area contributed by atoms with E-state index in [9.17, 15) is 19.7 Å². The van der Waals surface area contributed by atoms with Crippen molar-refractivity contribution in [3.8, 4) is 11.5 Å². The van der Waals surface area contributed by atoms with Crippen molar-refractivity contribution in [2.45, 2.75) is 24.9 Å². The summed E-state index contributed by atoms with van der Waals surface area (Å²) >= 11 is 0. The van der Waals surface area contributed by atoms with E-state index in [1.54, 1.807) is 29.2 Å². The van der Waals surface area contributed by atoms with Crippen molar-refractivity contribution in [3.05, 3.63) is 59.2 Å². The lowest BCUT2D eigenvalue weighted by Crippen LogP contribution is -2.58. The van der Waals surface area contributed by atoms with Crippen molar-refractivity contribution in [1.82, 2.24) is 4.90 Å². The molecular weight excluding hydrogens is 375 g/mol. The molecule has 1 fully saturated rings. The molecule has 0 radical (unpaired) electrons. The molecule has 0 unspecified atom stereocenters. The molecule has 9 heteroatoms. The topological polar surface area (TPSA) is 122 Å². The number of aryl methyl sites for hydroxylation is 1. The summed E-state index contributed by atoms with van der Waals surface area (Å²) in [6.45, 7) is 0.637. The summed E-state index contributed by atoms with van der Waals surface area (Å²) in [6, 6.07) is 11.7. The molecule has 2 aromatic carbocycles. The van der Waals surface area contributed by atoms with Crippen LogP contribution in [0.3, 0.4) is 0 Å². The van der Waals surface area contributed by atoms with Crippen LogP contribution in [0.4, 0.5) is 0 Å². The Balaban J connectivity index is 1.43. The summed E-state index contributed by atoms with van der Waals surface area (Å²) in [5.74, 6) is -1.09. The molecule has 0 saturated carbocycles. The number of hydrogen-bond acceptors (Lipinski definition) is 6. The lowest BCUT2D eigenvalue weighted by molar-refractivity contribution is -0.141. The number of fused-ring (bicyclic) bond motifs is 1. The largest absolute Gasteiger partial charge is 0.535 e. The third kappa shape index (κ3) is 3.79. The van der Waals surface area contributed by atoms with Crippen LogP contribution >= 0.6 is 0 Å². The first-order valence-electron chi connectivity index (χ1n) is 9.44. The molecule has 150 valence electrons. The minimum atomic E-state index is -1.19. The van der Waals surface area contributed by atoms with Crippen molar-refractivity contribution in [3.63, 3.8) is 0 Å². The predicted molar refractivity (Wildman–Crippen MR) is 105 cm³/mol. The molecule has 2 aliphatic rings. The fourth-order valence-corrected chi connectivity index (χ4v) is 3.59. The molecule has 8 nitrogen and oxygen atoms in total. The second kappa shape index (κ2) is 7.77. The van der Waals surface area contributed by atoms with E-state index in [2.05, 4.69) is 0 Å². The molecule has 4 rings (SSSR count). The number of ether oxygens (including phenoxy) is 1. The first-order valence-corrected chi connectivity index (χ1v) is 9.44. The Labute approximate surface area is 168 Å². The molecule has 2 aliphatic heterocycles. The van der Waals surface area contributed by atoms with Gasteiger partial charge in [-0.15, -0.1) is 0 Å². The van der Waals surface area contributed by atoms with Crippen molar-refractivity contribution in [2.75, 3.05) is 13.1 Å². The van der Waals surface area contributed by atoms with Gasteiger partial charge in [0.15, 0.2) is 0 Å². The van der Waals surface area contributed by atoms with Gasteiger partial charge >= 0.3 is 13.1 Å². The van der Waals surface area contributed by atoms with Crippen molar-refractivity contribution in [1.29, 1.82) is 0 Å². The number of amides is 1. The number of carbonyl (C=O) groups excluding carboxylic acids is 1. The van der Waals surface area contributed by atoms with Crippen LogP contribution in [0.2, 0.25) is 6.32 Å². The molecule has 0 aliphatic carbocycles. The highest BCUT2D eigenvalue weighted by Crippen LogP contribution is 2.37. The number of benzene rings is 2. The minimum Gasteiger partial charge on any atom is -0.535 e. The lowest BCUT2D eigenvalue weighted by atomic mass is 9.78. The van der Waals surface area contributed by atoms with Crippen LogP contribution in [0.1, 0.15) is 27.5 Å². The van der Waals surface area contributed by atoms with Gasteiger partial charge in [-0.05, 0) is 29.9 Å². The quantitative estimate of drug-likeness (QED) is 0.647. The lowest BCUT2D eigenvalue weighted by Gasteiger charge is -2.40. The SMILES string of the molecule is N[C@@H](C(=O)N1CC(Oc2ccc3c(c2C(=O)O)OB(O)CC3)C1)c1ccccc1. The molecule has 0 spiro atoms. The van der Waals surface area contributed by atoms with E-state index in [4.69, 9.17) is 15.1 Å². The maximum atomic E-state index is 12.5. The molecule has 1 amide bonds. The molecule has 0 aromatic heterocycles. The number of nitrogens with two attached hydrogens (primary N) is 1. The van der Waals surface area contributed by atoms with E-state index in [0.717, 1.165) is 11.1 Å². The molecule has 4 N–H and O–H groups in total. The van der Waals surface area contributed by atoms with Gasteiger partial charge in [0, 0.05) is 0 Å². The van der Waals surface area contributed by atoms with Gasteiger partial charge in [0.2, 0.25) is 5.91 Å². The van der Waals surface area contributed by atoms with E-state index in [0.29, 0.717) is 25.8 Å². The number of hydrogen-bond donors (Lipinski definition) is 3. The van der Waals surface area contributed by atoms with Gasteiger partial charge in [0.1, 0.15) is 29.2 Å². The van der Waals surface area contributed by atoms with Crippen LogP contribution in [0.5, 0.6) is 11.5 Å². The maximum Gasteiger partial charge on any atom is 0.522 e. The number of carboxylic acids is 1. The van der Waals surface area contributed by atoms with Crippen LogP contribution in [-0.4, -0.2) is 53.2 Å². The third-order valence-corrected chi connectivity index (χ3v) is 5.21. The minimum absolute atomic E-state index is 0.105. The van der Waals surface area contributed by atoms with Crippen LogP contribution in [0, 0.1) is 0 Å². The Morgan fingerprint density at radius 1 is 1.21 bits per heavy atom. The third-order valence-electron chi connectivity index (χ3n) is 5.21. The zero-order chi connectivity index (χ0) is 20.5. The standard InChI is InChI=1S/C20H21BN2O6/c22-17(12-4-2-1-3-5-12)19(24)23-10-14(11-23)28-15-7-6-13-8-9-21(27)29-18(13)16(15)20(25)26/h1-7,14,17,27H,8-11,22H2,(H,25,26)/t17-/m1/s1. The van der Waals surface area contributed by atoms with Crippen molar-refractivity contribution < 1.29 is 29.1 Å². The Bertz CT molecular complexity index is 932. The smallest absolute Gasteiger partial charge is 0.522 e. The molecule has 1 saturated heterocycles. The van der Waals surface area contributed by atoms with Gasteiger partial charge in [-0.2, -0.15) is 0 Å². The highest BCUT2D eigenvalue weighted by molar-refractivity contribution is 6.44. The second-order valence-corrected chi connectivity index (χ2v) is 7.21. The number of likely N-dealkylation sites (tertiary alicyclic amines) is 1. The summed E-state index contributed by atoms with van der Waals surface area (Å²) in [7, 11) is -1.04. The van der Waals surface area contributed by atoms with Gasteiger partial charge in [0.05, 0.1) is 13.1 Å². The Morgan fingerprint density at radius 3 is 2.62 bits per heavy atom. The number of carboxylic acid groups (broad SMARTS) is 1.